The van der Waals surface area contributed by atoms with Crippen LogP contribution in [0.1, 0.15) is 23.2 Å². The summed E-state index contributed by atoms with van der Waals surface area (Å²) in [5, 5.41) is 3.76. The number of carbonyl (C=O) groups is 1. The van der Waals surface area contributed by atoms with E-state index in [4.69, 9.17) is 0 Å². The minimum Gasteiger partial charge on any atom is -0.351 e. The number of carbonyl (C=O) groups excluding carboxylic acids is 1. The summed E-state index contributed by atoms with van der Waals surface area (Å²) in [4.78, 5) is 16.6. The third-order valence-corrected chi connectivity index (χ3v) is 5.65. The summed E-state index contributed by atoms with van der Waals surface area (Å²) in [5.74, 6) is -0.125. The Balaban J connectivity index is 1.81. The molecule has 104 valence electrons. The second-order valence-corrected chi connectivity index (χ2v) is 6.97. The zero-order valence-electron chi connectivity index (χ0n) is 11.3. The number of para-hydroxylation sites is 1. The zero-order valence-corrected chi connectivity index (χ0v) is 12.1. The molecule has 0 aliphatic heterocycles. The Bertz CT molecular complexity index is 690. The lowest BCUT2D eigenvalue weighted by Crippen LogP contribution is -2.35. The Morgan fingerprint density at radius 3 is 2.80 bits per heavy atom. The van der Waals surface area contributed by atoms with Crippen molar-refractivity contribution in [2.45, 2.75) is 17.6 Å². The van der Waals surface area contributed by atoms with Gasteiger partial charge < -0.3 is 5.32 Å². The smallest absolute Gasteiger partial charge is 0.252 e. The molecule has 2 aromatic rings. The quantitative estimate of drug-likeness (QED) is 0.934. The Kier molecular flexibility index (Phi) is 3.30. The number of pyridine rings is 1. The molecular formula is C15H16N2O2S. The first-order valence-corrected chi connectivity index (χ1v) is 8.14. The maximum Gasteiger partial charge on any atom is 0.252 e. The highest BCUT2D eigenvalue weighted by atomic mass is 32.2. The lowest BCUT2D eigenvalue weighted by Gasteiger charge is -2.13. The maximum atomic E-state index is 12.3. The number of amides is 1. The number of benzene rings is 1. The summed E-state index contributed by atoms with van der Waals surface area (Å²) >= 11 is 0. The summed E-state index contributed by atoms with van der Waals surface area (Å²) in [6, 6.07) is 9.29. The predicted molar refractivity (Wildman–Crippen MR) is 80.1 cm³/mol. The number of aromatic nitrogens is 1. The Labute approximate surface area is 120 Å². The van der Waals surface area contributed by atoms with E-state index in [0.29, 0.717) is 12.1 Å². The van der Waals surface area contributed by atoms with Gasteiger partial charge in [0.05, 0.1) is 15.8 Å². The molecule has 20 heavy (non-hydrogen) atoms. The normalized spacial score (nSPS) is 17.6. The summed E-state index contributed by atoms with van der Waals surface area (Å²) < 4.78 is 11.4. The molecule has 1 aromatic carbocycles. The van der Waals surface area contributed by atoms with E-state index in [1.165, 1.54) is 0 Å². The number of rotatable bonds is 4. The highest BCUT2D eigenvalue weighted by Gasteiger charge is 2.46. The highest BCUT2D eigenvalue weighted by Crippen LogP contribution is 2.40. The van der Waals surface area contributed by atoms with Crippen LogP contribution in [0.15, 0.2) is 36.5 Å². The van der Waals surface area contributed by atoms with Crippen LogP contribution in [0.3, 0.4) is 0 Å². The molecule has 1 aliphatic rings. The lowest BCUT2D eigenvalue weighted by molar-refractivity contribution is 0.0954. The van der Waals surface area contributed by atoms with Crippen molar-refractivity contribution in [2.24, 2.45) is 0 Å². The van der Waals surface area contributed by atoms with Crippen molar-refractivity contribution in [1.29, 1.82) is 0 Å². The molecule has 4 nitrogen and oxygen atoms in total. The first-order chi connectivity index (χ1) is 9.62. The summed E-state index contributed by atoms with van der Waals surface area (Å²) in [6.45, 7) is 0.478. The molecule has 0 radical (unpaired) electrons. The fourth-order valence-corrected chi connectivity index (χ4v) is 3.29. The van der Waals surface area contributed by atoms with Gasteiger partial charge in [-0.1, -0.05) is 18.2 Å². The number of nitrogens with one attached hydrogen (secondary N) is 1. The van der Waals surface area contributed by atoms with Crippen LogP contribution >= 0.6 is 0 Å². The highest BCUT2D eigenvalue weighted by molar-refractivity contribution is 7.86. The molecule has 1 heterocycles. The molecule has 1 atom stereocenters. The van der Waals surface area contributed by atoms with Crippen molar-refractivity contribution in [3.05, 3.63) is 42.1 Å². The molecule has 3 rings (SSSR count). The van der Waals surface area contributed by atoms with Crippen LogP contribution in [0.4, 0.5) is 0 Å². The van der Waals surface area contributed by atoms with E-state index in [0.717, 1.165) is 23.7 Å². The fourth-order valence-electron chi connectivity index (χ4n) is 2.34. The zero-order chi connectivity index (χ0) is 14.2. The number of fused-ring (bicyclic) bond motifs is 1. The average Bonchev–Trinajstić information content (AvgIpc) is 3.25. The molecule has 1 N–H and O–H groups in total. The van der Waals surface area contributed by atoms with Crippen molar-refractivity contribution in [1.82, 2.24) is 10.3 Å². The monoisotopic (exact) mass is 288 g/mol. The molecule has 0 bridgehead atoms. The number of hydrogen-bond acceptors (Lipinski definition) is 3. The molecule has 1 unspecified atom stereocenters. The summed E-state index contributed by atoms with van der Waals surface area (Å²) in [6.07, 6.45) is 5.20. The van der Waals surface area contributed by atoms with Crippen molar-refractivity contribution < 1.29 is 9.00 Å². The van der Waals surface area contributed by atoms with E-state index in [1.807, 2.05) is 24.3 Å². The van der Waals surface area contributed by atoms with Gasteiger partial charge in [0.2, 0.25) is 0 Å². The van der Waals surface area contributed by atoms with E-state index in [9.17, 15) is 9.00 Å². The Morgan fingerprint density at radius 2 is 2.10 bits per heavy atom. The van der Waals surface area contributed by atoms with Gasteiger partial charge in [0.25, 0.3) is 5.91 Å². The number of hydrogen-bond donors (Lipinski definition) is 1. The Hall–Kier alpha value is -1.75. The minimum atomic E-state index is -0.892. The number of nitrogens with zero attached hydrogens (tertiary/aromatic N) is 1. The molecule has 1 aliphatic carbocycles. The van der Waals surface area contributed by atoms with Gasteiger partial charge in [-0.3, -0.25) is 14.0 Å². The molecular weight excluding hydrogens is 272 g/mol. The van der Waals surface area contributed by atoms with E-state index >= 15 is 0 Å². The molecule has 5 heteroatoms. The van der Waals surface area contributed by atoms with Crippen LogP contribution in [0.2, 0.25) is 0 Å². The van der Waals surface area contributed by atoms with Crippen LogP contribution in [-0.2, 0) is 10.8 Å². The van der Waals surface area contributed by atoms with Gasteiger partial charge >= 0.3 is 0 Å². The first kappa shape index (κ1) is 13.2. The third-order valence-electron chi connectivity index (χ3n) is 3.88. The topological polar surface area (TPSA) is 59.1 Å². The second kappa shape index (κ2) is 4.98. The van der Waals surface area contributed by atoms with Gasteiger partial charge in [0.1, 0.15) is 0 Å². The van der Waals surface area contributed by atoms with Crippen LogP contribution in [0.5, 0.6) is 0 Å². The van der Waals surface area contributed by atoms with Gasteiger partial charge in [-0.05, 0) is 25.0 Å². The van der Waals surface area contributed by atoms with E-state index in [-0.39, 0.29) is 10.7 Å². The van der Waals surface area contributed by atoms with Crippen molar-refractivity contribution in [3.8, 4) is 0 Å². The van der Waals surface area contributed by atoms with Crippen molar-refractivity contribution in [2.75, 3.05) is 12.8 Å². The Morgan fingerprint density at radius 1 is 1.35 bits per heavy atom. The molecule has 0 saturated heterocycles. The van der Waals surface area contributed by atoms with E-state index in [2.05, 4.69) is 10.3 Å². The maximum absolute atomic E-state index is 12.3. The van der Waals surface area contributed by atoms with Crippen LogP contribution in [0, 0.1) is 0 Å². The van der Waals surface area contributed by atoms with Crippen LogP contribution in [0.25, 0.3) is 10.9 Å². The largest absolute Gasteiger partial charge is 0.351 e. The van der Waals surface area contributed by atoms with Gasteiger partial charge in [-0.2, -0.15) is 0 Å². The second-order valence-electron chi connectivity index (χ2n) is 5.20. The standard InChI is InChI=1S/C15H16N2O2S/c1-20(19)15(7-8-15)10-17-14(18)12-6-9-16-13-5-3-2-4-11(12)13/h2-6,9H,7-8,10H2,1H3,(H,17,18). The minimum absolute atomic E-state index is 0.125. The summed E-state index contributed by atoms with van der Waals surface area (Å²) in [7, 11) is -0.892. The lowest BCUT2D eigenvalue weighted by atomic mass is 10.1. The average molecular weight is 288 g/mol. The van der Waals surface area contributed by atoms with Gasteiger partial charge in [-0.15, -0.1) is 0 Å². The molecule has 0 spiro atoms. The fraction of sp³-hybridized carbons (Fsp3) is 0.333. The van der Waals surface area contributed by atoms with Crippen LogP contribution < -0.4 is 5.32 Å². The van der Waals surface area contributed by atoms with Crippen molar-refractivity contribution in [3.63, 3.8) is 0 Å². The van der Waals surface area contributed by atoms with E-state index in [1.54, 1.807) is 18.5 Å². The molecule has 1 amide bonds. The molecule has 1 fully saturated rings. The SMILES string of the molecule is CS(=O)C1(CNC(=O)c2ccnc3ccccc23)CC1. The summed E-state index contributed by atoms with van der Waals surface area (Å²) in [5.41, 5.74) is 1.42. The first-order valence-electron chi connectivity index (χ1n) is 6.58. The van der Waals surface area contributed by atoms with Gasteiger partial charge in [0.15, 0.2) is 0 Å². The van der Waals surface area contributed by atoms with Gasteiger partial charge in [0, 0.05) is 35.2 Å². The molecule has 1 aromatic heterocycles. The third kappa shape index (κ3) is 2.33. The van der Waals surface area contributed by atoms with Crippen molar-refractivity contribution >= 4 is 27.6 Å². The molecule has 1 saturated carbocycles. The van der Waals surface area contributed by atoms with Gasteiger partial charge in [-0.25, -0.2) is 0 Å². The predicted octanol–water partition coefficient (Wildman–Crippen LogP) is 1.88. The van der Waals surface area contributed by atoms with E-state index < -0.39 is 10.8 Å². The van der Waals surface area contributed by atoms with Crippen LogP contribution in [-0.4, -0.2) is 32.6 Å².